The number of aromatic nitrogens is 2. The van der Waals surface area contributed by atoms with Crippen LogP contribution < -0.4 is 20.5 Å². The lowest BCUT2D eigenvalue weighted by Crippen LogP contribution is -2.22. The van der Waals surface area contributed by atoms with Crippen LogP contribution >= 0.6 is 0 Å². The zero-order valence-electron chi connectivity index (χ0n) is 17.1. The lowest BCUT2D eigenvalue weighted by molar-refractivity contribution is 0.0951. The van der Waals surface area contributed by atoms with Crippen LogP contribution in [0, 0.1) is 5.92 Å². The van der Waals surface area contributed by atoms with Crippen LogP contribution in [0.3, 0.4) is 0 Å². The van der Waals surface area contributed by atoms with Crippen molar-refractivity contribution in [2.75, 3.05) is 13.7 Å². The molecule has 1 aromatic heterocycles. The maximum Gasteiger partial charge on any atom is 0.292 e. The van der Waals surface area contributed by atoms with Crippen molar-refractivity contribution >= 4 is 22.9 Å². The van der Waals surface area contributed by atoms with E-state index in [1.807, 2.05) is 6.07 Å². The molecule has 1 heterocycles. The van der Waals surface area contributed by atoms with Crippen LogP contribution in [-0.2, 0) is 0 Å². The van der Waals surface area contributed by atoms with Gasteiger partial charge in [-0.05, 0) is 42.2 Å². The van der Waals surface area contributed by atoms with Gasteiger partial charge in [-0.2, -0.15) is 10.2 Å². The Hall–Kier alpha value is -3.68. The highest BCUT2D eigenvalue weighted by Crippen LogP contribution is 2.28. The van der Waals surface area contributed by atoms with Crippen LogP contribution in [0.5, 0.6) is 11.5 Å². The van der Waals surface area contributed by atoms with Gasteiger partial charge in [-0.3, -0.25) is 9.59 Å². The third-order valence-corrected chi connectivity index (χ3v) is 4.43. The van der Waals surface area contributed by atoms with E-state index in [0.717, 1.165) is 12.0 Å². The summed E-state index contributed by atoms with van der Waals surface area (Å²) in [6.45, 7) is 4.89. The molecule has 0 saturated heterocycles. The van der Waals surface area contributed by atoms with Crippen LogP contribution in [0.1, 0.15) is 36.3 Å². The minimum atomic E-state index is -0.528. The fraction of sp³-hybridized carbons (Fsp3) is 0.273. The van der Waals surface area contributed by atoms with E-state index in [9.17, 15) is 9.59 Å². The molecule has 3 aromatic rings. The molecule has 0 spiro atoms. The number of fused-ring (bicyclic) bond motifs is 1. The standard InChI is InChI=1S/C22H24N4O4/c1-14(2)10-11-30-18-9-8-15(12-19(18)29-3)13-23-25-22(28)20-16-6-4-5-7-17(16)21(27)26-24-20/h4-9,12-14H,10-11H2,1-3H3,(H,25,28)(H,26,27)/b23-13-. The molecule has 156 valence electrons. The highest BCUT2D eigenvalue weighted by Gasteiger charge is 2.13. The number of amides is 1. The van der Waals surface area contributed by atoms with Crippen molar-refractivity contribution in [1.82, 2.24) is 15.6 Å². The largest absolute Gasteiger partial charge is 0.493 e. The minimum absolute atomic E-state index is 0.0915. The molecule has 8 heteroatoms. The summed E-state index contributed by atoms with van der Waals surface area (Å²) in [6.07, 6.45) is 2.44. The smallest absolute Gasteiger partial charge is 0.292 e. The molecule has 1 amide bonds. The van der Waals surface area contributed by atoms with Gasteiger partial charge in [-0.25, -0.2) is 10.5 Å². The maximum atomic E-state index is 12.5. The Morgan fingerprint density at radius 1 is 1.20 bits per heavy atom. The molecule has 0 aliphatic heterocycles. The topological polar surface area (TPSA) is 106 Å². The molecule has 0 bridgehead atoms. The molecule has 30 heavy (non-hydrogen) atoms. The molecular formula is C22H24N4O4. The number of nitrogens with one attached hydrogen (secondary N) is 2. The Bertz CT molecular complexity index is 1120. The lowest BCUT2D eigenvalue weighted by atomic mass is 10.1. The number of aromatic amines is 1. The highest BCUT2D eigenvalue weighted by molar-refractivity contribution is 6.04. The zero-order chi connectivity index (χ0) is 21.5. The monoisotopic (exact) mass is 408 g/mol. The normalized spacial score (nSPS) is 11.2. The maximum absolute atomic E-state index is 12.5. The number of hydrazone groups is 1. The average Bonchev–Trinajstić information content (AvgIpc) is 2.74. The number of hydrogen-bond donors (Lipinski definition) is 2. The van der Waals surface area contributed by atoms with Gasteiger partial charge in [0, 0.05) is 5.39 Å². The van der Waals surface area contributed by atoms with Gasteiger partial charge in [0.2, 0.25) is 0 Å². The number of ether oxygens (including phenoxy) is 2. The van der Waals surface area contributed by atoms with Gasteiger partial charge in [-0.15, -0.1) is 0 Å². The third-order valence-electron chi connectivity index (χ3n) is 4.43. The molecule has 0 atom stereocenters. The molecule has 0 fully saturated rings. The van der Waals surface area contributed by atoms with Crippen molar-refractivity contribution in [1.29, 1.82) is 0 Å². The van der Waals surface area contributed by atoms with Gasteiger partial charge in [0.05, 0.1) is 25.3 Å². The van der Waals surface area contributed by atoms with Gasteiger partial charge in [-0.1, -0.05) is 32.0 Å². The molecule has 2 N–H and O–H groups in total. The quantitative estimate of drug-likeness (QED) is 0.440. The molecular weight excluding hydrogens is 384 g/mol. The minimum Gasteiger partial charge on any atom is -0.493 e. The Balaban J connectivity index is 1.70. The number of methoxy groups -OCH3 is 1. The van der Waals surface area contributed by atoms with E-state index in [1.54, 1.807) is 43.5 Å². The lowest BCUT2D eigenvalue weighted by Gasteiger charge is -2.12. The first-order valence-electron chi connectivity index (χ1n) is 9.61. The second-order valence-electron chi connectivity index (χ2n) is 7.09. The molecule has 2 aromatic carbocycles. The molecule has 3 rings (SSSR count). The predicted octanol–water partition coefficient (Wildman–Crippen LogP) is 3.12. The van der Waals surface area contributed by atoms with Crippen LogP contribution in [0.4, 0.5) is 0 Å². The van der Waals surface area contributed by atoms with Crippen molar-refractivity contribution in [3.8, 4) is 11.5 Å². The highest BCUT2D eigenvalue weighted by atomic mass is 16.5. The first-order chi connectivity index (χ1) is 14.5. The number of benzene rings is 2. The van der Waals surface area contributed by atoms with E-state index in [-0.39, 0.29) is 11.3 Å². The van der Waals surface area contributed by atoms with Crippen molar-refractivity contribution < 1.29 is 14.3 Å². The molecule has 8 nitrogen and oxygen atoms in total. The predicted molar refractivity (Wildman–Crippen MR) is 115 cm³/mol. The molecule has 0 radical (unpaired) electrons. The van der Waals surface area contributed by atoms with Gasteiger partial charge >= 0.3 is 0 Å². The summed E-state index contributed by atoms with van der Waals surface area (Å²) < 4.78 is 11.2. The van der Waals surface area contributed by atoms with Crippen LogP contribution in [0.15, 0.2) is 52.4 Å². The fourth-order valence-corrected chi connectivity index (χ4v) is 2.79. The van der Waals surface area contributed by atoms with E-state index in [1.165, 1.54) is 6.21 Å². The van der Waals surface area contributed by atoms with Crippen molar-refractivity contribution in [3.63, 3.8) is 0 Å². The first kappa shape index (κ1) is 21.0. The second-order valence-corrected chi connectivity index (χ2v) is 7.09. The molecule has 0 saturated carbocycles. The fourth-order valence-electron chi connectivity index (χ4n) is 2.79. The first-order valence-corrected chi connectivity index (χ1v) is 9.61. The van der Waals surface area contributed by atoms with Gasteiger partial charge in [0.25, 0.3) is 11.5 Å². The summed E-state index contributed by atoms with van der Waals surface area (Å²) in [6, 6.07) is 12.2. The van der Waals surface area contributed by atoms with E-state index in [4.69, 9.17) is 9.47 Å². The number of carbonyl (C=O) groups is 1. The molecule has 0 unspecified atom stereocenters. The summed E-state index contributed by atoms with van der Waals surface area (Å²) in [7, 11) is 1.57. The number of nitrogens with zero attached hydrogens (tertiary/aromatic N) is 2. The number of carbonyl (C=O) groups excluding carboxylic acids is 1. The SMILES string of the molecule is COc1cc(/C=N\NC(=O)c2n[nH]c(=O)c3ccccc23)ccc1OCCC(C)C. The summed E-state index contributed by atoms with van der Waals surface area (Å²) in [4.78, 5) is 24.3. The van der Waals surface area contributed by atoms with Gasteiger partial charge in [0.1, 0.15) is 0 Å². The van der Waals surface area contributed by atoms with Crippen LogP contribution in [0.2, 0.25) is 0 Å². The van der Waals surface area contributed by atoms with E-state index >= 15 is 0 Å². The van der Waals surface area contributed by atoms with Crippen LogP contribution in [-0.4, -0.2) is 36.0 Å². The Kier molecular flexibility index (Phi) is 6.79. The number of rotatable bonds is 8. The van der Waals surface area contributed by atoms with Crippen molar-refractivity contribution in [2.45, 2.75) is 20.3 Å². The van der Waals surface area contributed by atoms with Crippen molar-refractivity contribution in [2.24, 2.45) is 11.0 Å². The van der Waals surface area contributed by atoms with E-state index < -0.39 is 5.91 Å². The Morgan fingerprint density at radius 2 is 1.97 bits per heavy atom. The van der Waals surface area contributed by atoms with E-state index in [0.29, 0.717) is 34.8 Å². The van der Waals surface area contributed by atoms with Crippen molar-refractivity contribution in [3.05, 3.63) is 64.1 Å². The van der Waals surface area contributed by atoms with Gasteiger partial charge < -0.3 is 9.47 Å². The zero-order valence-corrected chi connectivity index (χ0v) is 17.1. The molecule has 0 aliphatic carbocycles. The summed E-state index contributed by atoms with van der Waals surface area (Å²) >= 11 is 0. The van der Waals surface area contributed by atoms with Gasteiger partial charge in [0.15, 0.2) is 17.2 Å². The summed E-state index contributed by atoms with van der Waals surface area (Å²) in [5.74, 6) is 1.27. The van der Waals surface area contributed by atoms with Crippen LogP contribution in [0.25, 0.3) is 10.8 Å². The van der Waals surface area contributed by atoms with E-state index in [2.05, 4.69) is 34.6 Å². The summed E-state index contributed by atoms with van der Waals surface area (Å²) in [5.41, 5.74) is 2.89. The second kappa shape index (κ2) is 9.69. The Labute approximate surface area is 173 Å². The third kappa shape index (κ3) is 5.02. The number of hydrogen-bond acceptors (Lipinski definition) is 6. The number of H-pyrrole nitrogens is 1. The summed E-state index contributed by atoms with van der Waals surface area (Å²) in [5, 5.41) is 11.0. The Morgan fingerprint density at radius 3 is 2.70 bits per heavy atom. The molecule has 0 aliphatic rings. The average molecular weight is 408 g/mol.